The van der Waals surface area contributed by atoms with Crippen molar-refractivity contribution in [2.45, 2.75) is 95.3 Å². The number of sulfonamides is 1. The molecule has 5 rings (SSSR count). The second-order valence-electron chi connectivity index (χ2n) is 15.1. The summed E-state index contributed by atoms with van der Waals surface area (Å²) in [4.78, 5) is 35.6. The monoisotopic (exact) mass is 789 g/mol. The van der Waals surface area contributed by atoms with E-state index >= 15 is 4.79 Å². The predicted octanol–water partition coefficient (Wildman–Crippen LogP) is 8.11. The number of piperidine rings is 1. The summed E-state index contributed by atoms with van der Waals surface area (Å²) < 4.78 is 36.7. The minimum atomic E-state index is -4.17. The number of nitrogens with two attached hydrogens (primary N) is 1. The molecule has 0 radical (unpaired) electrons. The molecule has 2 heterocycles. The molecule has 52 heavy (non-hydrogen) atoms. The van der Waals surface area contributed by atoms with Gasteiger partial charge >= 0.3 is 6.03 Å². The molecule has 2 aliphatic rings. The van der Waals surface area contributed by atoms with Crippen LogP contribution in [0.2, 0.25) is 15.1 Å². The third kappa shape index (κ3) is 7.94. The second-order valence-corrected chi connectivity index (χ2v) is 18.0. The highest BCUT2D eigenvalue weighted by atomic mass is 35.5. The number of hydrogen-bond acceptors (Lipinski definition) is 6. The molecule has 0 unspecified atom stereocenters. The third-order valence-corrected chi connectivity index (χ3v) is 12.4. The van der Waals surface area contributed by atoms with Gasteiger partial charge in [0, 0.05) is 41.2 Å². The number of hydrogen-bond donors (Lipinski definition) is 2. The van der Waals surface area contributed by atoms with Gasteiger partial charge in [-0.2, -0.15) is 0 Å². The molecule has 3 amide bonds. The lowest BCUT2D eigenvalue weighted by Gasteiger charge is -2.47. The van der Waals surface area contributed by atoms with Gasteiger partial charge in [0.25, 0.3) is 0 Å². The van der Waals surface area contributed by atoms with Gasteiger partial charge in [-0.25, -0.2) is 17.9 Å². The number of rotatable bonds is 9. The van der Waals surface area contributed by atoms with Crippen molar-refractivity contribution < 1.29 is 22.7 Å². The minimum Gasteiger partial charge on any atom is -0.490 e. The maximum absolute atomic E-state index is 15.2. The van der Waals surface area contributed by atoms with Gasteiger partial charge < -0.3 is 15.4 Å². The number of carbonyl (C=O) groups excluding carboxylic acids is 2. The molecule has 0 bridgehead atoms. The largest absolute Gasteiger partial charge is 0.490 e. The smallest absolute Gasteiger partial charge is 0.326 e. The van der Waals surface area contributed by atoms with E-state index < -0.39 is 26.6 Å². The van der Waals surface area contributed by atoms with Crippen LogP contribution in [0.5, 0.6) is 5.75 Å². The van der Waals surface area contributed by atoms with Gasteiger partial charge in [-0.15, -0.1) is 0 Å². The maximum atomic E-state index is 15.2. The number of carbonyl (C=O) groups is 2. The van der Waals surface area contributed by atoms with E-state index in [0.29, 0.717) is 36.0 Å². The molecule has 2 aliphatic heterocycles. The standard InChI is InChI=1S/C38H46Cl3N5O5S/c1-23(2)51-31-22-30(41)32(52(49,50)44-36(3,4)5)21-29(31)34-43-37(6,25-8-12-27(39)13-9-25)38(7,26-10-14-28(40)15-11-26)46(34)35(48)45-18-16-24(17-19-45)20-33(42)47/h8-15,21-24,44H,16-20H2,1-7H3,(H2,42,47)/t37-,38+/m0/s1. The summed E-state index contributed by atoms with van der Waals surface area (Å²) >= 11 is 19.5. The van der Waals surface area contributed by atoms with Crippen LogP contribution in [0.25, 0.3) is 0 Å². The molecular weight excluding hydrogens is 745 g/mol. The number of primary amides is 1. The van der Waals surface area contributed by atoms with Crippen LogP contribution in [0, 0.1) is 5.92 Å². The number of benzene rings is 3. The molecular formula is C38H46Cl3N5O5S. The van der Waals surface area contributed by atoms with E-state index in [1.807, 2.05) is 52.0 Å². The number of halogens is 3. The first kappa shape index (κ1) is 39.8. The molecule has 3 N–H and O–H groups in total. The van der Waals surface area contributed by atoms with E-state index in [1.54, 1.807) is 54.8 Å². The van der Waals surface area contributed by atoms with Crippen molar-refractivity contribution in [3.63, 3.8) is 0 Å². The Balaban J connectivity index is 1.81. The number of amides is 3. The summed E-state index contributed by atoms with van der Waals surface area (Å²) in [6.07, 6.45) is 1.08. The molecule has 1 saturated heterocycles. The molecule has 2 atom stereocenters. The van der Waals surface area contributed by atoms with Gasteiger partial charge in [-0.3, -0.25) is 14.7 Å². The van der Waals surface area contributed by atoms with Crippen molar-refractivity contribution in [1.29, 1.82) is 0 Å². The normalized spacial score (nSPS) is 21.4. The molecule has 0 saturated carbocycles. The summed E-state index contributed by atoms with van der Waals surface area (Å²) in [5, 5.41) is 0.992. The number of urea groups is 1. The molecule has 3 aromatic carbocycles. The fraction of sp³-hybridized carbons (Fsp3) is 0.447. The van der Waals surface area contributed by atoms with Gasteiger partial charge in [0.15, 0.2) is 0 Å². The molecule has 0 aliphatic carbocycles. The predicted molar refractivity (Wildman–Crippen MR) is 207 cm³/mol. The lowest BCUT2D eigenvalue weighted by molar-refractivity contribution is -0.119. The van der Waals surface area contributed by atoms with Crippen molar-refractivity contribution in [2.24, 2.45) is 16.6 Å². The molecule has 0 aromatic heterocycles. The third-order valence-electron chi connectivity index (χ3n) is 9.68. The summed E-state index contributed by atoms with van der Waals surface area (Å²) in [7, 11) is -4.17. The molecule has 14 heteroatoms. The number of likely N-dealkylation sites (tertiary alicyclic amines) is 1. The minimum absolute atomic E-state index is 0.0509. The SMILES string of the molecule is CC(C)Oc1cc(Cl)c(S(=O)(=O)NC(C)(C)C)cc1C1=N[C@@](C)(c2ccc(Cl)cc2)[C@@](C)(c2ccc(Cl)cc2)N1C(=O)N1CCC(CC(N)=O)CC1. The van der Waals surface area contributed by atoms with Crippen LogP contribution in [0.15, 0.2) is 70.6 Å². The van der Waals surface area contributed by atoms with Crippen LogP contribution in [0.1, 0.15) is 84.4 Å². The average molecular weight is 791 g/mol. The summed E-state index contributed by atoms with van der Waals surface area (Å²) in [6.45, 7) is 13.5. The summed E-state index contributed by atoms with van der Waals surface area (Å²) in [5.74, 6) is 0.129. The van der Waals surface area contributed by atoms with E-state index in [-0.39, 0.29) is 57.4 Å². The van der Waals surface area contributed by atoms with E-state index in [1.165, 1.54) is 12.1 Å². The lowest BCUT2D eigenvalue weighted by Crippen LogP contribution is -2.59. The first-order chi connectivity index (χ1) is 24.2. The maximum Gasteiger partial charge on any atom is 0.326 e. The number of amidine groups is 1. The Hall–Kier alpha value is -3.35. The van der Waals surface area contributed by atoms with Crippen LogP contribution >= 0.6 is 34.8 Å². The second kappa shape index (κ2) is 14.8. The fourth-order valence-electron chi connectivity index (χ4n) is 7.05. The first-order valence-corrected chi connectivity index (χ1v) is 19.8. The van der Waals surface area contributed by atoms with Crippen LogP contribution in [0.3, 0.4) is 0 Å². The molecule has 10 nitrogen and oxygen atoms in total. The zero-order chi connectivity index (χ0) is 38.4. The van der Waals surface area contributed by atoms with Gasteiger partial charge in [-0.05, 0) is 109 Å². The van der Waals surface area contributed by atoms with Crippen molar-refractivity contribution in [2.75, 3.05) is 13.1 Å². The van der Waals surface area contributed by atoms with Gasteiger partial charge in [0.05, 0.1) is 16.7 Å². The van der Waals surface area contributed by atoms with Crippen molar-refractivity contribution in [3.8, 4) is 5.75 Å². The number of nitrogens with one attached hydrogen (secondary N) is 1. The Morgan fingerprint density at radius 3 is 2.00 bits per heavy atom. The summed E-state index contributed by atoms with van der Waals surface area (Å²) in [5.41, 5.74) is 4.05. The van der Waals surface area contributed by atoms with Crippen LogP contribution < -0.4 is 15.2 Å². The zero-order valence-electron chi connectivity index (χ0n) is 30.5. The molecule has 3 aromatic rings. The Labute approximate surface area is 321 Å². The van der Waals surface area contributed by atoms with Crippen LogP contribution in [-0.2, 0) is 25.9 Å². The number of ether oxygens (including phenoxy) is 1. The molecule has 280 valence electrons. The highest BCUT2D eigenvalue weighted by molar-refractivity contribution is 7.89. The quantitative estimate of drug-likeness (QED) is 0.226. The molecule has 1 fully saturated rings. The lowest BCUT2D eigenvalue weighted by atomic mass is 9.71. The average Bonchev–Trinajstić information content (AvgIpc) is 3.27. The van der Waals surface area contributed by atoms with E-state index in [4.69, 9.17) is 50.3 Å². The van der Waals surface area contributed by atoms with Gasteiger partial charge in [-0.1, -0.05) is 59.1 Å². The van der Waals surface area contributed by atoms with E-state index in [0.717, 1.165) is 11.1 Å². The topological polar surface area (TPSA) is 134 Å². The summed E-state index contributed by atoms with van der Waals surface area (Å²) in [6, 6.07) is 17.1. The number of aliphatic imine (C=N–C) groups is 1. The van der Waals surface area contributed by atoms with Gasteiger partial charge in [0.1, 0.15) is 27.6 Å². The Bertz CT molecular complexity index is 1980. The highest BCUT2D eigenvalue weighted by Gasteiger charge is 2.60. The first-order valence-electron chi connectivity index (χ1n) is 17.2. The number of nitrogens with zero attached hydrogens (tertiary/aromatic N) is 3. The van der Waals surface area contributed by atoms with Crippen molar-refractivity contribution in [1.82, 2.24) is 14.5 Å². The Morgan fingerprint density at radius 2 is 1.50 bits per heavy atom. The Kier molecular flexibility index (Phi) is 11.4. The van der Waals surface area contributed by atoms with Crippen molar-refractivity contribution >= 4 is 62.6 Å². The Morgan fingerprint density at radius 1 is 0.962 bits per heavy atom. The van der Waals surface area contributed by atoms with Crippen molar-refractivity contribution in [3.05, 3.63) is 92.4 Å². The molecule has 0 spiro atoms. The van der Waals surface area contributed by atoms with Crippen LogP contribution in [0.4, 0.5) is 4.79 Å². The van der Waals surface area contributed by atoms with Crippen LogP contribution in [-0.4, -0.2) is 60.7 Å². The van der Waals surface area contributed by atoms with E-state index in [9.17, 15) is 13.2 Å². The van der Waals surface area contributed by atoms with Gasteiger partial charge in [0.2, 0.25) is 15.9 Å². The fourth-order valence-corrected chi connectivity index (χ4v) is 9.26. The highest BCUT2D eigenvalue weighted by Crippen LogP contribution is 2.54. The zero-order valence-corrected chi connectivity index (χ0v) is 33.6. The van der Waals surface area contributed by atoms with E-state index in [2.05, 4.69) is 4.72 Å².